The number of carbonyl (C=O) groups is 1. The van der Waals surface area contributed by atoms with Crippen LogP contribution in [0.25, 0.3) is 0 Å². The minimum atomic E-state index is 0. The summed E-state index contributed by atoms with van der Waals surface area (Å²) in [4.78, 5) is 13.8. The largest absolute Gasteiger partial charge is 0.399 e. The molecule has 0 fully saturated rings. The predicted molar refractivity (Wildman–Crippen MR) is 78.9 cm³/mol. The molecule has 0 spiro atoms. The van der Waals surface area contributed by atoms with E-state index in [-0.39, 0.29) is 18.3 Å². The normalized spacial score (nSPS) is 11.5. The van der Waals surface area contributed by atoms with Gasteiger partial charge in [-0.25, -0.2) is 0 Å². The zero-order chi connectivity index (χ0) is 12.8. The molecule has 0 saturated heterocycles. The zero-order valence-electron chi connectivity index (χ0n) is 11.3. The number of likely N-dealkylation sites (N-methyl/N-ethyl adjacent to an activating group) is 1. The Morgan fingerprint density at radius 2 is 1.89 bits per heavy atom. The minimum Gasteiger partial charge on any atom is -0.399 e. The number of nitrogens with two attached hydrogens (primary N) is 1. The van der Waals surface area contributed by atoms with Crippen LogP contribution in [-0.2, 0) is 11.2 Å². The number of nitrogen functional groups attached to an aromatic ring is 1. The van der Waals surface area contributed by atoms with Crippen LogP contribution >= 0.6 is 12.4 Å². The smallest absolute Gasteiger partial charge is 0.226 e. The number of rotatable bonds is 5. The highest BCUT2D eigenvalue weighted by Crippen LogP contribution is 2.09. The minimum absolute atomic E-state index is 0. The number of amides is 1. The van der Waals surface area contributed by atoms with Crippen molar-refractivity contribution >= 4 is 24.0 Å². The summed E-state index contributed by atoms with van der Waals surface area (Å²) in [7, 11) is 1.87. The summed E-state index contributed by atoms with van der Waals surface area (Å²) in [5.41, 5.74) is 7.35. The first-order chi connectivity index (χ1) is 8.02. The van der Waals surface area contributed by atoms with Crippen molar-refractivity contribution in [1.29, 1.82) is 0 Å². The quantitative estimate of drug-likeness (QED) is 0.837. The Labute approximate surface area is 116 Å². The Bertz CT molecular complexity index is 365. The maximum absolute atomic E-state index is 11.9. The second-order valence-corrected chi connectivity index (χ2v) is 4.71. The van der Waals surface area contributed by atoms with Crippen LogP contribution in [0.4, 0.5) is 5.69 Å². The summed E-state index contributed by atoms with van der Waals surface area (Å²) in [6, 6.07) is 7.48. The zero-order valence-corrected chi connectivity index (χ0v) is 12.2. The molecule has 18 heavy (non-hydrogen) atoms. The van der Waals surface area contributed by atoms with E-state index in [0.29, 0.717) is 12.3 Å². The Kier molecular flexibility index (Phi) is 7.44. The van der Waals surface area contributed by atoms with Crippen molar-refractivity contribution < 1.29 is 4.79 Å². The molecule has 102 valence electrons. The van der Waals surface area contributed by atoms with E-state index >= 15 is 0 Å². The molecule has 0 heterocycles. The fourth-order valence-electron chi connectivity index (χ4n) is 1.64. The molecule has 0 bridgehead atoms. The van der Waals surface area contributed by atoms with E-state index in [9.17, 15) is 4.79 Å². The third-order valence-corrected chi connectivity index (χ3v) is 3.04. The van der Waals surface area contributed by atoms with Crippen LogP contribution in [0.5, 0.6) is 0 Å². The van der Waals surface area contributed by atoms with Crippen LogP contribution < -0.4 is 5.73 Å². The van der Waals surface area contributed by atoms with Gasteiger partial charge in [0.25, 0.3) is 0 Å². The van der Waals surface area contributed by atoms with Gasteiger partial charge < -0.3 is 10.6 Å². The lowest BCUT2D eigenvalue weighted by Crippen LogP contribution is -2.32. The SMILES string of the molecule is CCC(C)CN(C)C(=O)Cc1ccc(N)cc1.Cl. The third kappa shape index (κ3) is 5.41. The van der Waals surface area contributed by atoms with Crippen LogP contribution in [0.3, 0.4) is 0 Å². The molecule has 0 saturated carbocycles. The standard InChI is InChI=1S/C14H22N2O.ClH/c1-4-11(2)10-16(3)14(17)9-12-5-7-13(15)8-6-12;/h5-8,11H,4,9-10,15H2,1-3H3;1H. The van der Waals surface area contributed by atoms with Crippen molar-refractivity contribution in [2.24, 2.45) is 5.92 Å². The highest BCUT2D eigenvalue weighted by Gasteiger charge is 2.11. The Balaban J connectivity index is 0.00000289. The second kappa shape index (κ2) is 7.98. The van der Waals surface area contributed by atoms with E-state index in [1.54, 1.807) is 0 Å². The fourth-order valence-corrected chi connectivity index (χ4v) is 1.64. The van der Waals surface area contributed by atoms with E-state index in [2.05, 4.69) is 13.8 Å². The van der Waals surface area contributed by atoms with Gasteiger partial charge in [0.05, 0.1) is 6.42 Å². The molecular weight excluding hydrogens is 248 g/mol. The Morgan fingerprint density at radius 3 is 2.39 bits per heavy atom. The number of carbonyl (C=O) groups excluding carboxylic acids is 1. The van der Waals surface area contributed by atoms with Gasteiger partial charge in [0.1, 0.15) is 0 Å². The first-order valence-electron chi connectivity index (χ1n) is 6.11. The van der Waals surface area contributed by atoms with Gasteiger partial charge in [-0.05, 0) is 23.6 Å². The van der Waals surface area contributed by atoms with Crippen molar-refractivity contribution in [2.45, 2.75) is 26.7 Å². The van der Waals surface area contributed by atoms with E-state index in [1.807, 2.05) is 36.2 Å². The topological polar surface area (TPSA) is 46.3 Å². The van der Waals surface area contributed by atoms with E-state index in [0.717, 1.165) is 24.2 Å². The van der Waals surface area contributed by atoms with Gasteiger partial charge in [-0.1, -0.05) is 32.4 Å². The molecular formula is C14H23ClN2O. The maximum Gasteiger partial charge on any atom is 0.226 e. The number of nitrogens with zero attached hydrogens (tertiary/aromatic N) is 1. The van der Waals surface area contributed by atoms with Crippen molar-refractivity contribution in [3.8, 4) is 0 Å². The Morgan fingerprint density at radius 1 is 1.33 bits per heavy atom. The number of halogens is 1. The molecule has 4 heteroatoms. The molecule has 0 aliphatic heterocycles. The Hall–Kier alpha value is -1.22. The van der Waals surface area contributed by atoms with Crippen LogP contribution in [0.15, 0.2) is 24.3 Å². The molecule has 1 rings (SSSR count). The van der Waals surface area contributed by atoms with E-state index in [1.165, 1.54) is 0 Å². The number of anilines is 1. The average molecular weight is 271 g/mol. The number of hydrogen-bond donors (Lipinski definition) is 1. The molecule has 1 aromatic rings. The molecule has 1 amide bonds. The van der Waals surface area contributed by atoms with Crippen LogP contribution in [0, 0.1) is 5.92 Å². The molecule has 0 aromatic heterocycles. The van der Waals surface area contributed by atoms with Gasteiger partial charge >= 0.3 is 0 Å². The first-order valence-corrected chi connectivity index (χ1v) is 6.11. The van der Waals surface area contributed by atoms with Crippen molar-refractivity contribution in [3.63, 3.8) is 0 Å². The molecule has 2 N–H and O–H groups in total. The summed E-state index contributed by atoms with van der Waals surface area (Å²) in [6.07, 6.45) is 1.55. The summed E-state index contributed by atoms with van der Waals surface area (Å²) < 4.78 is 0. The average Bonchev–Trinajstić information content (AvgIpc) is 2.31. The van der Waals surface area contributed by atoms with Crippen LogP contribution in [0.1, 0.15) is 25.8 Å². The van der Waals surface area contributed by atoms with Gasteiger partial charge in [0, 0.05) is 19.3 Å². The second-order valence-electron chi connectivity index (χ2n) is 4.71. The van der Waals surface area contributed by atoms with Gasteiger partial charge in [-0.3, -0.25) is 4.79 Å². The predicted octanol–water partition coefficient (Wildman–Crippen LogP) is 2.74. The van der Waals surface area contributed by atoms with Crippen LogP contribution in [-0.4, -0.2) is 24.4 Å². The summed E-state index contributed by atoms with van der Waals surface area (Å²) in [5.74, 6) is 0.713. The van der Waals surface area contributed by atoms with Crippen molar-refractivity contribution in [3.05, 3.63) is 29.8 Å². The monoisotopic (exact) mass is 270 g/mol. The molecule has 0 aliphatic carbocycles. The molecule has 3 nitrogen and oxygen atoms in total. The van der Waals surface area contributed by atoms with Crippen molar-refractivity contribution in [1.82, 2.24) is 4.90 Å². The van der Waals surface area contributed by atoms with Crippen molar-refractivity contribution in [2.75, 3.05) is 19.3 Å². The highest BCUT2D eigenvalue weighted by atomic mass is 35.5. The van der Waals surface area contributed by atoms with Gasteiger partial charge in [-0.2, -0.15) is 0 Å². The maximum atomic E-state index is 11.9. The third-order valence-electron chi connectivity index (χ3n) is 3.04. The lowest BCUT2D eigenvalue weighted by atomic mass is 10.1. The summed E-state index contributed by atoms with van der Waals surface area (Å²) >= 11 is 0. The first kappa shape index (κ1) is 16.8. The van der Waals surface area contributed by atoms with Gasteiger partial charge in [0.15, 0.2) is 0 Å². The molecule has 0 aliphatic rings. The highest BCUT2D eigenvalue weighted by molar-refractivity contribution is 5.85. The number of benzene rings is 1. The van der Waals surface area contributed by atoms with E-state index < -0.39 is 0 Å². The lowest BCUT2D eigenvalue weighted by Gasteiger charge is -2.20. The van der Waals surface area contributed by atoms with E-state index in [4.69, 9.17) is 5.73 Å². The summed E-state index contributed by atoms with van der Waals surface area (Å²) in [5, 5.41) is 0. The van der Waals surface area contributed by atoms with Gasteiger partial charge in [0.2, 0.25) is 5.91 Å². The van der Waals surface area contributed by atoms with Crippen LogP contribution in [0.2, 0.25) is 0 Å². The molecule has 1 unspecified atom stereocenters. The molecule has 1 aromatic carbocycles. The number of hydrogen-bond acceptors (Lipinski definition) is 2. The summed E-state index contributed by atoms with van der Waals surface area (Å²) in [6.45, 7) is 5.13. The van der Waals surface area contributed by atoms with Gasteiger partial charge in [-0.15, -0.1) is 12.4 Å². The molecule has 0 radical (unpaired) electrons. The lowest BCUT2D eigenvalue weighted by molar-refractivity contribution is -0.129. The fraction of sp³-hybridized carbons (Fsp3) is 0.500. The molecule has 1 atom stereocenters.